The standard InChI is InChI=1S/C28H31ClFN3O4S/c1-4-20(2)31-28(35)21(3)32(18-22-10-8-9-13-26(22)29)27(34)19-33(24-11-6-5-7-12-24)38(36,37)25-16-14-23(30)15-17-25/h5-17,20-21H,4,18-19H2,1-3H3,(H,31,35)/t20-,21-/m0/s1. The molecule has 1 N–H and O–H groups in total. The summed E-state index contributed by atoms with van der Waals surface area (Å²) in [7, 11) is -4.26. The Morgan fingerprint density at radius 1 is 0.947 bits per heavy atom. The van der Waals surface area contributed by atoms with E-state index in [4.69, 9.17) is 11.6 Å². The first-order valence-corrected chi connectivity index (χ1v) is 14.0. The summed E-state index contributed by atoms with van der Waals surface area (Å²) < 4.78 is 41.7. The number of carbonyl (C=O) groups excluding carboxylic acids is 2. The first-order valence-electron chi connectivity index (χ1n) is 12.2. The molecule has 0 radical (unpaired) electrons. The zero-order valence-corrected chi connectivity index (χ0v) is 23.0. The van der Waals surface area contributed by atoms with Crippen LogP contribution in [0.1, 0.15) is 32.8 Å². The lowest BCUT2D eigenvalue weighted by Gasteiger charge is -2.32. The number of amides is 2. The van der Waals surface area contributed by atoms with Crippen LogP contribution in [0.25, 0.3) is 0 Å². The van der Waals surface area contributed by atoms with E-state index in [2.05, 4.69) is 5.32 Å². The second-order valence-corrected chi connectivity index (χ2v) is 11.2. The van der Waals surface area contributed by atoms with E-state index in [0.717, 1.165) is 28.6 Å². The molecule has 2 amide bonds. The molecule has 202 valence electrons. The number of sulfonamides is 1. The van der Waals surface area contributed by atoms with Crippen molar-refractivity contribution in [2.75, 3.05) is 10.8 Å². The zero-order chi connectivity index (χ0) is 27.9. The molecule has 38 heavy (non-hydrogen) atoms. The van der Waals surface area contributed by atoms with Crippen LogP contribution in [0.2, 0.25) is 5.02 Å². The molecule has 3 aromatic rings. The van der Waals surface area contributed by atoms with Gasteiger partial charge >= 0.3 is 0 Å². The van der Waals surface area contributed by atoms with Crippen LogP contribution in [-0.2, 0) is 26.2 Å². The van der Waals surface area contributed by atoms with E-state index < -0.39 is 34.3 Å². The summed E-state index contributed by atoms with van der Waals surface area (Å²) in [6, 6.07) is 18.4. The van der Waals surface area contributed by atoms with Crippen molar-refractivity contribution < 1.29 is 22.4 Å². The summed E-state index contributed by atoms with van der Waals surface area (Å²) in [5, 5.41) is 3.29. The average molecular weight is 560 g/mol. The lowest BCUT2D eigenvalue weighted by Crippen LogP contribution is -2.52. The molecule has 0 bridgehead atoms. The predicted octanol–water partition coefficient (Wildman–Crippen LogP) is 5.01. The van der Waals surface area contributed by atoms with Crippen molar-refractivity contribution in [3.8, 4) is 0 Å². The molecule has 0 aliphatic rings. The molecule has 0 unspecified atom stereocenters. The topological polar surface area (TPSA) is 86.8 Å². The molecule has 0 fully saturated rings. The van der Waals surface area contributed by atoms with Crippen molar-refractivity contribution in [2.45, 2.75) is 50.7 Å². The maximum absolute atomic E-state index is 13.8. The van der Waals surface area contributed by atoms with Gasteiger partial charge in [0, 0.05) is 17.6 Å². The van der Waals surface area contributed by atoms with Gasteiger partial charge in [-0.15, -0.1) is 0 Å². The third-order valence-corrected chi connectivity index (χ3v) is 8.35. The summed E-state index contributed by atoms with van der Waals surface area (Å²) in [5.41, 5.74) is 0.859. The normalized spacial score (nSPS) is 12.9. The fourth-order valence-corrected chi connectivity index (χ4v) is 5.32. The largest absolute Gasteiger partial charge is 0.352 e. The lowest BCUT2D eigenvalue weighted by atomic mass is 10.1. The molecule has 7 nitrogen and oxygen atoms in total. The minimum absolute atomic E-state index is 0.00712. The first kappa shape index (κ1) is 29.1. The number of halogens is 2. The van der Waals surface area contributed by atoms with E-state index in [-0.39, 0.29) is 29.1 Å². The third kappa shape index (κ3) is 7.11. The highest BCUT2D eigenvalue weighted by atomic mass is 35.5. The quantitative estimate of drug-likeness (QED) is 0.358. The highest BCUT2D eigenvalue weighted by Crippen LogP contribution is 2.25. The van der Waals surface area contributed by atoms with E-state index in [1.807, 2.05) is 13.8 Å². The van der Waals surface area contributed by atoms with Gasteiger partial charge in [-0.05, 0) is 68.3 Å². The molecule has 0 saturated carbocycles. The Morgan fingerprint density at radius 3 is 2.16 bits per heavy atom. The molecule has 0 aliphatic heterocycles. The Morgan fingerprint density at radius 2 is 1.55 bits per heavy atom. The molecule has 0 heterocycles. The first-order chi connectivity index (χ1) is 18.0. The zero-order valence-electron chi connectivity index (χ0n) is 21.5. The Hall–Kier alpha value is -3.43. The molecule has 0 aliphatic carbocycles. The van der Waals surface area contributed by atoms with Crippen molar-refractivity contribution in [3.63, 3.8) is 0 Å². The van der Waals surface area contributed by atoms with Gasteiger partial charge < -0.3 is 10.2 Å². The highest BCUT2D eigenvalue weighted by Gasteiger charge is 2.33. The van der Waals surface area contributed by atoms with E-state index in [1.165, 1.54) is 4.90 Å². The van der Waals surface area contributed by atoms with Crippen LogP contribution in [0, 0.1) is 5.82 Å². The third-order valence-electron chi connectivity index (χ3n) is 6.19. The van der Waals surface area contributed by atoms with Gasteiger partial charge in [0.2, 0.25) is 11.8 Å². The second kappa shape index (κ2) is 12.9. The molecule has 0 spiro atoms. The number of carbonyl (C=O) groups is 2. The van der Waals surface area contributed by atoms with Gasteiger partial charge in [-0.3, -0.25) is 13.9 Å². The van der Waals surface area contributed by atoms with E-state index in [9.17, 15) is 22.4 Å². The monoisotopic (exact) mass is 559 g/mol. The van der Waals surface area contributed by atoms with E-state index in [1.54, 1.807) is 61.5 Å². The minimum atomic E-state index is -4.26. The molecule has 0 aromatic heterocycles. The summed E-state index contributed by atoms with van der Waals surface area (Å²) in [5.74, 6) is -1.56. The van der Waals surface area contributed by atoms with Crippen molar-refractivity contribution in [2.24, 2.45) is 0 Å². The highest BCUT2D eigenvalue weighted by molar-refractivity contribution is 7.92. The summed E-state index contributed by atoms with van der Waals surface area (Å²) in [6.07, 6.45) is 0.703. The maximum atomic E-state index is 13.8. The summed E-state index contributed by atoms with van der Waals surface area (Å²) in [4.78, 5) is 28.0. The Kier molecular flexibility index (Phi) is 9.88. The van der Waals surface area contributed by atoms with Crippen molar-refractivity contribution in [1.82, 2.24) is 10.2 Å². The van der Waals surface area contributed by atoms with Gasteiger partial charge in [0.15, 0.2) is 0 Å². The number of nitrogens with zero attached hydrogens (tertiary/aromatic N) is 2. The molecule has 10 heteroatoms. The number of anilines is 1. The number of para-hydroxylation sites is 1. The van der Waals surface area contributed by atoms with E-state index >= 15 is 0 Å². The Bertz CT molecular complexity index is 1350. The lowest BCUT2D eigenvalue weighted by molar-refractivity contribution is -0.139. The van der Waals surface area contributed by atoms with Crippen LogP contribution in [0.4, 0.5) is 10.1 Å². The van der Waals surface area contributed by atoms with E-state index in [0.29, 0.717) is 17.0 Å². The molecule has 0 saturated heterocycles. The molecular weight excluding hydrogens is 529 g/mol. The van der Waals surface area contributed by atoms with Gasteiger partial charge in [0.05, 0.1) is 10.6 Å². The van der Waals surface area contributed by atoms with Gasteiger partial charge in [-0.25, -0.2) is 12.8 Å². The van der Waals surface area contributed by atoms with Crippen molar-refractivity contribution in [1.29, 1.82) is 0 Å². The van der Waals surface area contributed by atoms with Gasteiger partial charge in [0.1, 0.15) is 18.4 Å². The molecule has 3 rings (SSSR count). The fourth-order valence-electron chi connectivity index (χ4n) is 3.72. The predicted molar refractivity (Wildman–Crippen MR) is 147 cm³/mol. The van der Waals surface area contributed by atoms with Gasteiger partial charge in [-0.2, -0.15) is 0 Å². The average Bonchev–Trinajstić information content (AvgIpc) is 2.91. The van der Waals surface area contributed by atoms with Crippen LogP contribution in [0.3, 0.4) is 0 Å². The van der Waals surface area contributed by atoms with Gasteiger partial charge in [0.25, 0.3) is 10.0 Å². The maximum Gasteiger partial charge on any atom is 0.264 e. The van der Waals surface area contributed by atoms with Crippen LogP contribution >= 0.6 is 11.6 Å². The van der Waals surface area contributed by atoms with Crippen LogP contribution in [0.15, 0.2) is 83.8 Å². The summed E-state index contributed by atoms with van der Waals surface area (Å²) >= 11 is 6.36. The van der Waals surface area contributed by atoms with Crippen LogP contribution in [0.5, 0.6) is 0 Å². The fraction of sp³-hybridized carbons (Fsp3) is 0.286. The Balaban J connectivity index is 2.01. The minimum Gasteiger partial charge on any atom is -0.352 e. The number of nitrogens with one attached hydrogen (secondary N) is 1. The SMILES string of the molecule is CC[C@H](C)NC(=O)[C@H](C)N(Cc1ccccc1Cl)C(=O)CN(c1ccccc1)S(=O)(=O)c1ccc(F)cc1. The Labute approximate surface area is 228 Å². The second-order valence-electron chi connectivity index (χ2n) is 8.91. The number of hydrogen-bond acceptors (Lipinski definition) is 4. The van der Waals surface area contributed by atoms with Gasteiger partial charge in [-0.1, -0.05) is 54.9 Å². The van der Waals surface area contributed by atoms with Crippen molar-refractivity contribution >= 4 is 39.1 Å². The van der Waals surface area contributed by atoms with Crippen LogP contribution < -0.4 is 9.62 Å². The molecule has 3 aromatic carbocycles. The van der Waals surface area contributed by atoms with Crippen molar-refractivity contribution in [3.05, 3.63) is 95.3 Å². The smallest absolute Gasteiger partial charge is 0.264 e. The summed E-state index contributed by atoms with van der Waals surface area (Å²) in [6.45, 7) is 4.79. The number of benzene rings is 3. The number of hydrogen-bond donors (Lipinski definition) is 1. The molecule has 2 atom stereocenters. The number of rotatable bonds is 11. The molecular formula is C28H31ClFN3O4S. The van der Waals surface area contributed by atoms with Crippen LogP contribution in [-0.4, -0.2) is 43.8 Å².